The lowest BCUT2D eigenvalue weighted by atomic mass is 10.2. The summed E-state index contributed by atoms with van der Waals surface area (Å²) in [5.41, 5.74) is 7.18. The van der Waals surface area contributed by atoms with Crippen LogP contribution in [-0.4, -0.2) is 17.6 Å². The van der Waals surface area contributed by atoms with Gasteiger partial charge in [0.05, 0.1) is 0 Å². The molecule has 1 aliphatic rings. The molecule has 0 amide bonds. The van der Waals surface area contributed by atoms with Gasteiger partial charge in [-0.1, -0.05) is 0 Å². The monoisotopic (exact) mass is 269 g/mol. The second-order valence-corrected chi connectivity index (χ2v) is 5.06. The Bertz CT molecular complexity index is 350. The molecule has 3 nitrogen and oxygen atoms in total. The van der Waals surface area contributed by atoms with Gasteiger partial charge in [0, 0.05) is 23.3 Å². The van der Waals surface area contributed by atoms with Gasteiger partial charge in [-0.15, -0.1) is 0 Å². The molecule has 0 spiro atoms. The van der Waals surface area contributed by atoms with Crippen LogP contribution in [0.1, 0.15) is 18.4 Å². The molecule has 0 bridgehead atoms. The van der Waals surface area contributed by atoms with Crippen molar-refractivity contribution in [3.8, 4) is 0 Å². The van der Waals surface area contributed by atoms with Crippen molar-refractivity contribution >= 4 is 21.7 Å². The van der Waals surface area contributed by atoms with E-state index >= 15 is 0 Å². The third kappa shape index (κ3) is 2.92. The second kappa shape index (κ2) is 4.49. The van der Waals surface area contributed by atoms with Crippen molar-refractivity contribution in [3.63, 3.8) is 0 Å². The number of nitrogens with zero attached hydrogens (tertiary/aromatic N) is 1. The Balaban J connectivity index is 1.89. The zero-order chi connectivity index (χ0) is 10.8. The van der Waals surface area contributed by atoms with Crippen molar-refractivity contribution in [2.24, 2.45) is 11.7 Å². The van der Waals surface area contributed by atoms with Crippen LogP contribution in [0, 0.1) is 12.8 Å². The van der Waals surface area contributed by atoms with E-state index in [9.17, 15) is 0 Å². The maximum Gasteiger partial charge on any atom is 0.126 e. The first-order valence-corrected chi connectivity index (χ1v) is 6.07. The van der Waals surface area contributed by atoms with Gasteiger partial charge in [-0.05, 0) is 53.2 Å². The Hall–Kier alpha value is -0.610. The SMILES string of the molecule is Cc1cc(NCC(N)C2CC2)ncc1Br. The molecule has 4 heteroatoms. The summed E-state index contributed by atoms with van der Waals surface area (Å²) in [6.45, 7) is 2.87. The van der Waals surface area contributed by atoms with E-state index in [1.54, 1.807) is 0 Å². The zero-order valence-corrected chi connectivity index (χ0v) is 10.4. The summed E-state index contributed by atoms with van der Waals surface area (Å²) in [5, 5.41) is 3.28. The summed E-state index contributed by atoms with van der Waals surface area (Å²) in [4.78, 5) is 4.28. The fourth-order valence-electron chi connectivity index (χ4n) is 1.55. The van der Waals surface area contributed by atoms with Gasteiger partial charge in [-0.25, -0.2) is 4.98 Å². The number of anilines is 1. The van der Waals surface area contributed by atoms with E-state index in [0.29, 0.717) is 0 Å². The molecule has 0 radical (unpaired) electrons. The summed E-state index contributed by atoms with van der Waals surface area (Å²) in [6.07, 6.45) is 4.39. The second-order valence-electron chi connectivity index (χ2n) is 4.20. The van der Waals surface area contributed by atoms with Crippen LogP contribution in [-0.2, 0) is 0 Å². The molecule has 15 heavy (non-hydrogen) atoms. The average molecular weight is 270 g/mol. The van der Waals surface area contributed by atoms with Crippen LogP contribution in [0.25, 0.3) is 0 Å². The molecular formula is C11H16BrN3. The lowest BCUT2D eigenvalue weighted by Gasteiger charge is -2.12. The predicted octanol–water partition coefficient (Wildman–Crippen LogP) is 2.30. The van der Waals surface area contributed by atoms with Crippen LogP contribution < -0.4 is 11.1 Å². The number of pyridine rings is 1. The van der Waals surface area contributed by atoms with Gasteiger partial charge >= 0.3 is 0 Å². The van der Waals surface area contributed by atoms with Gasteiger partial charge in [-0.3, -0.25) is 0 Å². The number of aryl methyl sites for hydroxylation is 1. The van der Waals surface area contributed by atoms with Gasteiger partial charge in [0.15, 0.2) is 0 Å². The molecule has 1 unspecified atom stereocenters. The molecule has 1 aliphatic carbocycles. The predicted molar refractivity (Wildman–Crippen MR) is 65.9 cm³/mol. The number of halogens is 1. The Morgan fingerprint density at radius 3 is 3.00 bits per heavy atom. The normalized spacial score (nSPS) is 17.5. The highest BCUT2D eigenvalue weighted by Crippen LogP contribution is 2.31. The number of aromatic nitrogens is 1. The van der Waals surface area contributed by atoms with Gasteiger partial charge in [0.1, 0.15) is 5.82 Å². The maximum absolute atomic E-state index is 6.00. The first kappa shape index (κ1) is 10.9. The Morgan fingerprint density at radius 1 is 1.67 bits per heavy atom. The average Bonchev–Trinajstić information content (AvgIpc) is 3.03. The number of nitrogens with one attached hydrogen (secondary N) is 1. The molecule has 1 saturated carbocycles. The fraction of sp³-hybridized carbons (Fsp3) is 0.545. The molecule has 82 valence electrons. The number of rotatable bonds is 4. The zero-order valence-electron chi connectivity index (χ0n) is 8.83. The smallest absolute Gasteiger partial charge is 0.126 e. The lowest BCUT2D eigenvalue weighted by Crippen LogP contribution is -2.31. The molecule has 3 N–H and O–H groups in total. The van der Waals surface area contributed by atoms with E-state index in [2.05, 4.69) is 33.2 Å². The van der Waals surface area contributed by atoms with Gasteiger partial charge in [0.2, 0.25) is 0 Å². The standard InChI is InChI=1S/C11H16BrN3/c1-7-4-11(14-5-9(7)12)15-6-10(13)8-2-3-8/h4-5,8,10H,2-3,6,13H2,1H3,(H,14,15). The maximum atomic E-state index is 6.00. The first-order chi connectivity index (χ1) is 7.16. The summed E-state index contributed by atoms with van der Waals surface area (Å²) in [5.74, 6) is 1.64. The molecule has 0 aromatic carbocycles. The molecule has 1 aromatic heterocycles. The lowest BCUT2D eigenvalue weighted by molar-refractivity contribution is 0.620. The minimum absolute atomic E-state index is 0.274. The van der Waals surface area contributed by atoms with E-state index in [4.69, 9.17) is 5.73 Å². The molecule has 0 saturated heterocycles. The van der Waals surface area contributed by atoms with Crippen LogP contribution in [0.5, 0.6) is 0 Å². The van der Waals surface area contributed by atoms with E-state index in [1.807, 2.05) is 12.3 Å². The first-order valence-electron chi connectivity index (χ1n) is 5.28. The van der Waals surface area contributed by atoms with E-state index in [-0.39, 0.29) is 6.04 Å². The van der Waals surface area contributed by atoms with Crippen molar-refractivity contribution in [3.05, 3.63) is 22.3 Å². The molecule has 2 rings (SSSR count). The summed E-state index contributed by atoms with van der Waals surface area (Å²) in [6, 6.07) is 2.31. The third-order valence-electron chi connectivity index (χ3n) is 2.79. The summed E-state index contributed by atoms with van der Waals surface area (Å²) >= 11 is 3.43. The number of hydrogen-bond donors (Lipinski definition) is 2. The molecule has 1 aromatic rings. The third-order valence-corrected chi connectivity index (χ3v) is 3.62. The van der Waals surface area contributed by atoms with E-state index < -0.39 is 0 Å². The fourth-order valence-corrected chi connectivity index (χ4v) is 1.77. The van der Waals surface area contributed by atoms with E-state index in [0.717, 1.165) is 22.8 Å². The van der Waals surface area contributed by atoms with Crippen LogP contribution >= 0.6 is 15.9 Å². The topological polar surface area (TPSA) is 50.9 Å². The summed E-state index contributed by atoms with van der Waals surface area (Å²) < 4.78 is 1.04. The minimum Gasteiger partial charge on any atom is -0.369 e. The molecular weight excluding hydrogens is 254 g/mol. The van der Waals surface area contributed by atoms with Crippen LogP contribution in [0.4, 0.5) is 5.82 Å². The summed E-state index contributed by atoms with van der Waals surface area (Å²) in [7, 11) is 0. The Kier molecular flexibility index (Phi) is 3.26. The van der Waals surface area contributed by atoms with Crippen LogP contribution in [0.15, 0.2) is 16.7 Å². The quantitative estimate of drug-likeness (QED) is 0.882. The van der Waals surface area contributed by atoms with Crippen LogP contribution in [0.2, 0.25) is 0 Å². The van der Waals surface area contributed by atoms with Crippen molar-refractivity contribution < 1.29 is 0 Å². The highest BCUT2D eigenvalue weighted by Gasteiger charge is 2.28. The highest BCUT2D eigenvalue weighted by atomic mass is 79.9. The number of nitrogens with two attached hydrogens (primary N) is 1. The molecule has 0 aliphatic heterocycles. The minimum atomic E-state index is 0.274. The van der Waals surface area contributed by atoms with Gasteiger partial charge in [-0.2, -0.15) is 0 Å². The van der Waals surface area contributed by atoms with E-state index in [1.165, 1.54) is 18.4 Å². The highest BCUT2D eigenvalue weighted by molar-refractivity contribution is 9.10. The largest absolute Gasteiger partial charge is 0.369 e. The Morgan fingerprint density at radius 2 is 2.40 bits per heavy atom. The van der Waals surface area contributed by atoms with Crippen LogP contribution in [0.3, 0.4) is 0 Å². The van der Waals surface area contributed by atoms with Crippen molar-refractivity contribution in [1.29, 1.82) is 0 Å². The van der Waals surface area contributed by atoms with Crippen molar-refractivity contribution in [1.82, 2.24) is 4.98 Å². The number of hydrogen-bond acceptors (Lipinski definition) is 3. The molecule has 1 atom stereocenters. The van der Waals surface area contributed by atoms with Gasteiger partial charge < -0.3 is 11.1 Å². The van der Waals surface area contributed by atoms with Crippen molar-refractivity contribution in [2.75, 3.05) is 11.9 Å². The molecule has 1 fully saturated rings. The molecule has 1 heterocycles. The van der Waals surface area contributed by atoms with Crippen molar-refractivity contribution in [2.45, 2.75) is 25.8 Å². The Labute approximate surface area is 98.6 Å². The van der Waals surface area contributed by atoms with Gasteiger partial charge in [0.25, 0.3) is 0 Å².